The number of carbonyl (C=O) groups is 1. The first-order valence-electron chi connectivity index (χ1n) is 9.29. The molecule has 0 aromatic heterocycles. The van der Waals surface area contributed by atoms with Crippen LogP contribution in [0.15, 0.2) is 48.5 Å². The molecular formula is C21H22ClF3N2O2. The van der Waals surface area contributed by atoms with E-state index in [0.717, 1.165) is 25.0 Å². The summed E-state index contributed by atoms with van der Waals surface area (Å²) in [5, 5.41) is 13.5. The fourth-order valence-corrected chi connectivity index (χ4v) is 4.05. The van der Waals surface area contributed by atoms with Crippen LogP contribution in [0.5, 0.6) is 0 Å². The molecule has 2 aromatic carbocycles. The van der Waals surface area contributed by atoms with E-state index in [4.69, 9.17) is 11.6 Å². The fourth-order valence-electron chi connectivity index (χ4n) is 3.73. The third kappa shape index (κ3) is 4.42. The number of alkyl halides is 3. The molecule has 3 rings (SSSR count). The molecular weight excluding hydrogens is 405 g/mol. The Labute approximate surface area is 172 Å². The highest BCUT2D eigenvalue weighted by Crippen LogP contribution is 2.38. The van der Waals surface area contributed by atoms with Gasteiger partial charge >= 0.3 is 6.18 Å². The maximum Gasteiger partial charge on any atom is 0.417 e. The summed E-state index contributed by atoms with van der Waals surface area (Å²) >= 11 is 5.91. The highest BCUT2D eigenvalue weighted by atomic mass is 35.5. The lowest BCUT2D eigenvalue weighted by Crippen LogP contribution is -2.58. The molecule has 1 saturated heterocycles. The highest BCUT2D eigenvalue weighted by Gasteiger charge is 2.44. The van der Waals surface area contributed by atoms with Crippen molar-refractivity contribution < 1.29 is 23.1 Å². The zero-order valence-corrected chi connectivity index (χ0v) is 16.6. The Morgan fingerprint density at radius 1 is 1.17 bits per heavy atom. The van der Waals surface area contributed by atoms with Gasteiger partial charge in [-0.3, -0.25) is 9.69 Å². The standard InChI is InChI=1S/C21H22ClF3N2O2/c1-27-13-6-5-12-20(27,29)18(14-8-3-2-4-9-14)26-19(28)15-10-7-11-16(17(15)22)21(23,24)25/h2-4,7-11,18,29H,5-6,12-13H2,1H3,(H,26,28). The van der Waals surface area contributed by atoms with Gasteiger partial charge in [-0.1, -0.05) is 48.0 Å². The second kappa shape index (κ2) is 8.34. The smallest absolute Gasteiger partial charge is 0.373 e. The first-order valence-corrected chi connectivity index (χ1v) is 9.67. The van der Waals surface area contributed by atoms with Crippen LogP contribution in [0, 0.1) is 0 Å². The van der Waals surface area contributed by atoms with Gasteiger partial charge in [0.15, 0.2) is 0 Å². The van der Waals surface area contributed by atoms with Gasteiger partial charge in [-0.15, -0.1) is 0 Å². The number of piperidine rings is 1. The van der Waals surface area contributed by atoms with Gasteiger partial charge in [-0.25, -0.2) is 0 Å². The Hall–Kier alpha value is -2.09. The summed E-state index contributed by atoms with van der Waals surface area (Å²) in [4.78, 5) is 14.7. The second-order valence-corrected chi connectivity index (χ2v) is 7.62. The molecule has 1 aliphatic heterocycles. The predicted octanol–water partition coefficient (Wildman–Crippen LogP) is 4.63. The average molecular weight is 427 g/mol. The van der Waals surface area contributed by atoms with Gasteiger partial charge in [-0.05, 0) is 44.0 Å². The van der Waals surface area contributed by atoms with Crippen molar-refractivity contribution in [2.24, 2.45) is 0 Å². The predicted molar refractivity (Wildman–Crippen MR) is 105 cm³/mol. The molecule has 0 saturated carbocycles. The van der Waals surface area contributed by atoms with Crippen molar-refractivity contribution in [3.05, 3.63) is 70.2 Å². The fraction of sp³-hybridized carbons (Fsp3) is 0.381. The molecule has 2 unspecified atom stereocenters. The maximum absolute atomic E-state index is 13.2. The summed E-state index contributed by atoms with van der Waals surface area (Å²) in [6.45, 7) is 0.639. The van der Waals surface area contributed by atoms with Gasteiger partial charge in [0.25, 0.3) is 5.91 Å². The normalized spacial score (nSPS) is 21.6. The number of hydrogen-bond donors (Lipinski definition) is 2. The Morgan fingerprint density at radius 3 is 2.48 bits per heavy atom. The third-order valence-corrected chi connectivity index (χ3v) is 5.78. The van der Waals surface area contributed by atoms with Gasteiger partial charge in [0.2, 0.25) is 0 Å². The van der Waals surface area contributed by atoms with Crippen LogP contribution in [0.4, 0.5) is 13.2 Å². The summed E-state index contributed by atoms with van der Waals surface area (Å²) < 4.78 is 39.5. The van der Waals surface area contributed by atoms with E-state index in [1.807, 2.05) is 0 Å². The Bertz CT molecular complexity index is 876. The van der Waals surface area contributed by atoms with Crippen LogP contribution in [-0.4, -0.2) is 35.2 Å². The zero-order chi connectivity index (χ0) is 21.2. The number of nitrogens with one attached hydrogen (secondary N) is 1. The van der Waals surface area contributed by atoms with E-state index in [1.54, 1.807) is 42.3 Å². The van der Waals surface area contributed by atoms with E-state index in [2.05, 4.69) is 5.32 Å². The number of amides is 1. The summed E-state index contributed by atoms with van der Waals surface area (Å²) in [7, 11) is 1.76. The van der Waals surface area contributed by atoms with E-state index in [9.17, 15) is 23.1 Å². The number of aliphatic hydroxyl groups is 1. The Kier molecular flexibility index (Phi) is 6.22. The van der Waals surface area contributed by atoms with Crippen LogP contribution in [0.25, 0.3) is 0 Å². The minimum absolute atomic E-state index is 0.288. The monoisotopic (exact) mass is 426 g/mol. The second-order valence-electron chi connectivity index (χ2n) is 7.24. The van der Waals surface area contributed by atoms with Crippen molar-refractivity contribution in [3.8, 4) is 0 Å². The molecule has 156 valence electrons. The lowest BCUT2D eigenvalue weighted by molar-refractivity contribution is -0.142. The van der Waals surface area contributed by atoms with Gasteiger partial charge in [0.05, 0.1) is 22.2 Å². The van der Waals surface area contributed by atoms with Gasteiger partial charge in [-0.2, -0.15) is 13.2 Å². The summed E-state index contributed by atoms with van der Waals surface area (Å²) in [6.07, 6.45) is -2.58. The van der Waals surface area contributed by atoms with Gasteiger partial charge in [0, 0.05) is 6.54 Å². The Morgan fingerprint density at radius 2 is 1.86 bits per heavy atom. The molecule has 0 aliphatic carbocycles. The van der Waals surface area contributed by atoms with Crippen LogP contribution >= 0.6 is 11.6 Å². The van der Waals surface area contributed by atoms with Gasteiger partial charge < -0.3 is 10.4 Å². The molecule has 0 spiro atoms. The lowest BCUT2D eigenvalue weighted by atomic mass is 9.87. The number of halogens is 4. The van der Waals surface area contributed by atoms with Crippen molar-refractivity contribution in [3.63, 3.8) is 0 Å². The third-order valence-electron chi connectivity index (χ3n) is 5.37. The number of benzene rings is 2. The van der Waals surface area contributed by atoms with Crippen molar-refractivity contribution in [2.75, 3.05) is 13.6 Å². The number of carbonyl (C=O) groups excluding carboxylic acids is 1. The first-order chi connectivity index (χ1) is 13.6. The van der Waals surface area contributed by atoms with Crippen molar-refractivity contribution in [2.45, 2.75) is 37.2 Å². The summed E-state index contributed by atoms with van der Waals surface area (Å²) in [5.41, 5.74) is -2.08. The SMILES string of the molecule is CN1CCCCC1(O)C(NC(=O)c1cccc(C(F)(F)F)c1Cl)c1ccccc1. The van der Waals surface area contributed by atoms with Crippen molar-refractivity contribution >= 4 is 17.5 Å². The molecule has 2 atom stereocenters. The topological polar surface area (TPSA) is 52.6 Å². The van der Waals surface area contributed by atoms with Crippen LogP contribution in [0.3, 0.4) is 0 Å². The average Bonchev–Trinajstić information content (AvgIpc) is 2.68. The molecule has 0 radical (unpaired) electrons. The molecule has 2 N–H and O–H groups in total. The molecule has 2 aromatic rings. The van der Waals surface area contributed by atoms with Crippen LogP contribution in [0.2, 0.25) is 5.02 Å². The highest BCUT2D eigenvalue weighted by molar-refractivity contribution is 6.34. The number of hydrogen-bond acceptors (Lipinski definition) is 3. The Balaban J connectivity index is 1.98. The van der Waals surface area contributed by atoms with E-state index in [1.165, 1.54) is 6.07 Å². The largest absolute Gasteiger partial charge is 0.417 e. The quantitative estimate of drug-likeness (QED) is 0.749. The molecule has 4 nitrogen and oxygen atoms in total. The van der Waals surface area contributed by atoms with E-state index in [0.29, 0.717) is 18.5 Å². The molecule has 0 bridgehead atoms. The number of rotatable bonds is 4. The van der Waals surface area contributed by atoms with Crippen molar-refractivity contribution in [1.29, 1.82) is 0 Å². The summed E-state index contributed by atoms with van der Waals surface area (Å²) in [6, 6.07) is 11.3. The van der Waals surface area contributed by atoms with E-state index in [-0.39, 0.29) is 5.56 Å². The van der Waals surface area contributed by atoms with Crippen LogP contribution in [-0.2, 0) is 6.18 Å². The first kappa shape index (κ1) is 21.6. The van der Waals surface area contributed by atoms with Gasteiger partial charge in [0.1, 0.15) is 5.72 Å². The zero-order valence-electron chi connectivity index (χ0n) is 15.8. The number of nitrogens with zero attached hydrogens (tertiary/aromatic N) is 1. The molecule has 1 aliphatic rings. The molecule has 29 heavy (non-hydrogen) atoms. The molecule has 1 heterocycles. The van der Waals surface area contributed by atoms with Crippen molar-refractivity contribution in [1.82, 2.24) is 10.2 Å². The number of likely N-dealkylation sites (N-methyl/N-ethyl adjacent to an activating group) is 1. The minimum Gasteiger partial charge on any atom is -0.373 e. The van der Waals surface area contributed by atoms with E-state index >= 15 is 0 Å². The van der Waals surface area contributed by atoms with E-state index < -0.39 is 34.4 Å². The van der Waals surface area contributed by atoms with Crippen LogP contribution < -0.4 is 5.32 Å². The van der Waals surface area contributed by atoms with Crippen LogP contribution in [0.1, 0.15) is 46.8 Å². The molecule has 1 fully saturated rings. The molecule has 1 amide bonds. The lowest BCUT2D eigenvalue weighted by Gasteiger charge is -2.46. The number of likely N-dealkylation sites (tertiary alicyclic amines) is 1. The minimum atomic E-state index is -4.67. The maximum atomic E-state index is 13.2. The molecule has 8 heteroatoms. The summed E-state index contributed by atoms with van der Waals surface area (Å²) in [5.74, 6) is -0.776.